The van der Waals surface area contributed by atoms with Crippen LogP contribution in [0, 0.1) is 23.6 Å². The Morgan fingerprint density at radius 3 is 2.27 bits per heavy atom. The predicted molar refractivity (Wildman–Crippen MR) is 181 cm³/mol. The van der Waals surface area contributed by atoms with Crippen LogP contribution in [0.4, 0.5) is 10.1 Å². The highest BCUT2D eigenvalue weighted by molar-refractivity contribution is 6.58. The fourth-order valence-corrected chi connectivity index (χ4v) is 9.37. The second kappa shape index (κ2) is 11.1. The number of likely N-dealkylation sites (tertiary alicyclic amines) is 1. The van der Waals surface area contributed by atoms with Crippen LogP contribution in [0.2, 0.25) is 0 Å². The van der Waals surface area contributed by atoms with Gasteiger partial charge in [-0.25, -0.2) is 9.29 Å². The lowest BCUT2D eigenvalue weighted by Crippen LogP contribution is -2.60. The lowest BCUT2D eigenvalue weighted by atomic mass is 9.56. The molecule has 8 nitrogen and oxygen atoms in total. The molecule has 4 aromatic carbocycles. The number of amides is 4. The first-order valence-electron chi connectivity index (χ1n) is 16.0. The van der Waals surface area contributed by atoms with Crippen molar-refractivity contribution in [2.24, 2.45) is 17.8 Å². The molecule has 2 aliphatic heterocycles. The van der Waals surface area contributed by atoms with Gasteiger partial charge in [0.25, 0.3) is 11.8 Å². The quantitative estimate of drug-likeness (QED) is 0.146. The number of carbonyl (C=O) groups is 4. The molecule has 2 N–H and O–H groups in total. The van der Waals surface area contributed by atoms with Crippen LogP contribution in [-0.2, 0) is 25.6 Å². The molecule has 0 bridgehead atoms. The maximum atomic E-state index is 14.6. The van der Waals surface area contributed by atoms with Gasteiger partial charge in [0.15, 0.2) is 9.75 Å². The highest BCUT2D eigenvalue weighted by Crippen LogP contribution is 2.66. The third-order valence-electron chi connectivity index (χ3n) is 10.8. The molecule has 49 heavy (non-hydrogen) atoms. The first-order chi connectivity index (χ1) is 23.5. The van der Waals surface area contributed by atoms with Crippen LogP contribution in [0.15, 0.2) is 96.6 Å². The van der Waals surface area contributed by atoms with Crippen LogP contribution < -0.4 is 4.90 Å². The first-order valence-corrected chi connectivity index (χ1v) is 16.8. The number of rotatable bonds is 5. The number of hydrogen-bond acceptors (Lipinski definition) is 6. The number of nitrogens with zero attached hydrogens (tertiary/aromatic N) is 2. The number of carbonyl (C=O) groups excluding carboxylic acids is 4. The lowest BCUT2D eigenvalue weighted by Gasteiger charge is -2.50. The van der Waals surface area contributed by atoms with Gasteiger partial charge in [0, 0.05) is 23.4 Å². The van der Waals surface area contributed by atoms with Gasteiger partial charge in [-0.3, -0.25) is 24.1 Å². The van der Waals surface area contributed by atoms with E-state index in [-0.39, 0.29) is 48.0 Å². The Labute approximate surface area is 290 Å². The van der Waals surface area contributed by atoms with E-state index < -0.39 is 57.0 Å². The van der Waals surface area contributed by atoms with Crippen molar-refractivity contribution in [2.45, 2.75) is 34.9 Å². The molecule has 6 atom stereocenters. The SMILES string of the molecule is O=C1C2CC=C3C(CC4(Cl)C(=O)N(c5ccc(F)cc5)C(=O)C4(Cl)C3c3ccc4ccccc4c3O)C2C(=O)N1CCc1ccc(O)cc1. The van der Waals surface area contributed by atoms with Crippen molar-refractivity contribution < 1.29 is 33.8 Å². The van der Waals surface area contributed by atoms with Crippen molar-refractivity contribution in [3.8, 4) is 11.5 Å². The summed E-state index contributed by atoms with van der Waals surface area (Å²) in [7, 11) is 0. The van der Waals surface area contributed by atoms with Crippen molar-refractivity contribution in [1.82, 2.24) is 4.90 Å². The zero-order valence-electron chi connectivity index (χ0n) is 25.9. The molecule has 2 saturated heterocycles. The predicted octanol–water partition coefficient (Wildman–Crippen LogP) is 6.20. The fraction of sp³-hybridized carbons (Fsp3) is 0.263. The number of fused-ring (bicyclic) bond motifs is 5. The molecular weight excluding hydrogens is 670 g/mol. The van der Waals surface area contributed by atoms with Crippen molar-refractivity contribution in [2.75, 3.05) is 11.4 Å². The largest absolute Gasteiger partial charge is 0.508 e. The summed E-state index contributed by atoms with van der Waals surface area (Å²) < 4.78 is 13.9. The highest BCUT2D eigenvalue weighted by atomic mass is 35.5. The smallest absolute Gasteiger partial charge is 0.258 e. The molecule has 3 fully saturated rings. The van der Waals surface area contributed by atoms with E-state index >= 15 is 0 Å². The second-order valence-electron chi connectivity index (χ2n) is 13.2. The van der Waals surface area contributed by atoms with Crippen LogP contribution in [0.25, 0.3) is 10.8 Å². The minimum atomic E-state index is -2.15. The van der Waals surface area contributed by atoms with Gasteiger partial charge in [-0.1, -0.05) is 60.2 Å². The molecule has 0 spiro atoms. The van der Waals surface area contributed by atoms with Gasteiger partial charge >= 0.3 is 0 Å². The molecule has 8 rings (SSSR count). The summed E-state index contributed by atoms with van der Waals surface area (Å²) in [5.41, 5.74) is 1.73. The van der Waals surface area contributed by atoms with Gasteiger partial charge in [-0.15, -0.1) is 23.2 Å². The van der Waals surface area contributed by atoms with Crippen LogP contribution in [-0.4, -0.2) is 55.0 Å². The summed E-state index contributed by atoms with van der Waals surface area (Å²) in [4.78, 5) is 54.9. The number of imide groups is 2. The number of phenols is 2. The van der Waals surface area contributed by atoms with Crippen molar-refractivity contribution >= 4 is 63.3 Å². The minimum Gasteiger partial charge on any atom is -0.508 e. The first kappa shape index (κ1) is 31.5. The van der Waals surface area contributed by atoms with Crippen LogP contribution in [0.5, 0.6) is 11.5 Å². The Hall–Kier alpha value is -4.73. The molecular formula is C38H29Cl2FN2O6. The molecule has 11 heteroatoms. The number of aromatic hydroxyl groups is 2. The van der Waals surface area contributed by atoms with E-state index in [0.717, 1.165) is 28.0 Å². The van der Waals surface area contributed by atoms with Crippen molar-refractivity contribution in [1.29, 1.82) is 0 Å². The van der Waals surface area contributed by atoms with Gasteiger partial charge < -0.3 is 10.2 Å². The summed E-state index contributed by atoms with van der Waals surface area (Å²) in [5, 5.41) is 22.7. The van der Waals surface area contributed by atoms with Crippen LogP contribution in [0.3, 0.4) is 0 Å². The summed E-state index contributed by atoms with van der Waals surface area (Å²) in [5.74, 6) is -6.51. The number of anilines is 1. The van der Waals surface area contributed by atoms with Gasteiger partial charge in [-0.2, -0.15) is 0 Å². The van der Waals surface area contributed by atoms with Gasteiger partial charge in [0.2, 0.25) is 11.8 Å². The summed E-state index contributed by atoms with van der Waals surface area (Å²) in [6.45, 7) is 0.119. The number of phenolic OH excluding ortho intramolecular Hbond substituents is 2. The van der Waals surface area contributed by atoms with E-state index in [4.69, 9.17) is 23.2 Å². The molecule has 6 unspecified atom stereocenters. The van der Waals surface area contributed by atoms with Crippen molar-refractivity contribution in [3.63, 3.8) is 0 Å². The zero-order valence-corrected chi connectivity index (χ0v) is 27.4. The molecule has 0 aromatic heterocycles. The van der Waals surface area contributed by atoms with E-state index in [1.54, 1.807) is 36.4 Å². The van der Waals surface area contributed by atoms with Gasteiger partial charge in [0.05, 0.1) is 17.5 Å². The molecule has 4 amide bonds. The second-order valence-corrected chi connectivity index (χ2v) is 14.5. The van der Waals surface area contributed by atoms with Crippen LogP contribution >= 0.6 is 23.2 Å². The topological polar surface area (TPSA) is 115 Å². The van der Waals surface area contributed by atoms with E-state index in [1.165, 1.54) is 29.2 Å². The third-order valence-corrected chi connectivity index (χ3v) is 12.2. The number of halogens is 3. The average Bonchev–Trinajstić information content (AvgIpc) is 3.43. The Bertz CT molecular complexity index is 2120. The Morgan fingerprint density at radius 1 is 0.816 bits per heavy atom. The zero-order chi connectivity index (χ0) is 34.4. The molecule has 2 aliphatic carbocycles. The third kappa shape index (κ3) is 4.41. The van der Waals surface area contributed by atoms with Gasteiger partial charge in [-0.05, 0) is 72.5 Å². The lowest BCUT2D eigenvalue weighted by molar-refractivity contribution is -0.140. The maximum Gasteiger partial charge on any atom is 0.258 e. The molecule has 1 saturated carbocycles. The Balaban J connectivity index is 1.25. The highest BCUT2D eigenvalue weighted by Gasteiger charge is 2.76. The number of alkyl halides is 2. The van der Waals surface area contributed by atoms with Crippen LogP contribution in [0.1, 0.15) is 29.9 Å². The molecule has 0 radical (unpaired) electrons. The van der Waals surface area contributed by atoms with Gasteiger partial charge in [0.1, 0.15) is 17.3 Å². The maximum absolute atomic E-state index is 14.6. The number of benzene rings is 4. The van der Waals surface area contributed by atoms with E-state index in [1.807, 2.05) is 18.2 Å². The molecule has 4 aromatic rings. The molecule has 2 heterocycles. The van der Waals surface area contributed by atoms with E-state index in [9.17, 15) is 33.8 Å². The standard InChI is InChI=1S/C38H29Cl2FN2O6/c39-37-19-29-26(15-16-27-30(29)34(47)42(33(27)46)18-17-20-5-12-24(44)13-6-20)31(28-14-7-21-3-1-2-4-25(21)32(28)45)38(37,40)36(49)43(35(37)48)23-10-8-22(41)9-11-23/h1-15,27,29-31,44-45H,16-19H2. The number of allylic oxidation sites excluding steroid dienone is 2. The summed E-state index contributed by atoms with van der Waals surface area (Å²) >= 11 is 14.9. The van der Waals surface area contributed by atoms with E-state index in [0.29, 0.717) is 17.4 Å². The monoisotopic (exact) mass is 698 g/mol. The number of hydrogen-bond donors (Lipinski definition) is 2. The Kier molecular flexibility index (Phi) is 7.18. The summed E-state index contributed by atoms with van der Waals surface area (Å²) in [6, 6.07) is 21.9. The minimum absolute atomic E-state index is 0.0784. The van der Waals surface area contributed by atoms with Crippen molar-refractivity contribution in [3.05, 3.63) is 114 Å². The Morgan fingerprint density at radius 2 is 1.53 bits per heavy atom. The summed E-state index contributed by atoms with van der Waals surface area (Å²) in [6.07, 6.45) is 2.16. The molecule has 248 valence electrons. The normalized spacial score (nSPS) is 29.2. The van der Waals surface area contributed by atoms with E-state index in [2.05, 4.69) is 0 Å². The molecule has 4 aliphatic rings. The fourth-order valence-electron chi connectivity index (χ4n) is 8.44. The average molecular weight is 700 g/mol.